The van der Waals surface area contributed by atoms with E-state index in [9.17, 15) is 8.78 Å². The lowest BCUT2D eigenvalue weighted by atomic mass is 9.99. The molecule has 0 N–H and O–H groups in total. The molecular formula is C28H24F2O2. The highest BCUT2D eigenvalue weighted by molar-refractivity contribution is 5.40. The Labute approximate surface area is 187 Å². The van der Waals surface area contributed by atoms with E-state index in [-0.39, 0.29) is 11.1 Å². The molecule has 0 aliphatic carbocycles. The van der Waals surface area contributed by atoms with Crippen LogP contribution in [0.15, 0.2) is 97.1 Å². The van der Waals surface area contributed by atoms with E-state index < -0.39 is 5.92 Å². The van der Waals surface area contributed by atoms with Crippen LogP contribution in [0.1, 0.15) is 27.8 Å². The molecule has 0 aliphatic heterocycles. The van der Waals surface area contributed by atoms with Gasteiger partial charge in [-0.3, -0.25) is 0 Å². The van der Waals surface area contributed by atoms with E-state index >= 15 is 0 Å². The van der Waals surface area contributed by atoms with Crippen molar-refractivity contribution in [3.63, 3.8) is 0 Å². The summed E-state index contributed by atoms with van der Waals surface area (Å²) < 4.78 is 40.6. The number of hydrogen-bond donors (Lipinski definition) is 0. The fraction of sp³-hybridized carbons (Fsp3) is 0.143. The van der Waals surface area contributed by atoms with E-state index in [0.717, 1.165) is 23.3 Å². The van der Waals surface area contributed by atoms with Gasteiger partial charge in [0.05, 0.1) is 7.11 Å². The average molecular weight is 430 g/mol. The molecule has 162 valence electrons. The predicted molar refractivity (Wildman–Crippen MR) is 123 cm³/mol. The Kier molecular flexibility index (Phi) is 6.22. The molecule has 2 nitrogen and oxygen atoms in total. The molecule has 0 saturated carbocycles. The van der Waals surface area contributed by atoms with Crippen molar-refractivity contribution in [1.29, 1.82) is 0 Å². The summed E-state index contributed by atoms with van der Waals surface area (Å²) in [4.78, 5) is 0. The fourth-order valence-electron chi connectivity index (χ4n) is 3.45. The summed E-state index contributed by atoms with van der Waals surface area (Å²) in [6.45, 7) is 1.87. The minimum absolute atomic E-state index is 0.0239. The topological polar surface area (TPSA) is 18.5 Å². The van der Waals surface area contributed by atoms with E-state index in [1.54, 1.807) is 31.4 Å². The first-order chi connectivity index (χ1) is 15.4. The van der Waals surface area contributed by atoms with Crippen molar-refractivity contribution in [2.75, 3.05) is 7.11 Å². The maximum Gasteiger partial charge on any atom is 0.298 e. The number of aryl methyl sites for hydroxylation is 1. The minimum atomic E-state index is -3.06. The molecule has 4 aromatic rings. The zero-order chi connectivity index (χ0) is 22.6. The van der Waals surface area contributed by atoms with Gasteiger partial charge in [-0.2, -0.15) is 8.78 Å². The van der Waals surface area contributed by atoms with Gasteiger partial charge in [-0.15, -0.1) is 0 Å². The molecule has 0 bridgehead atoms. The van der Waals surface area contributed by atoms with Crippen molar-refractivity contribution in [3.8, 4) is 17.2 Å². The number of benzene rings is 4. The van der Waals surface area contributed by atoms with Crippen LogP contribution in [0.5, 0.6) is 17.2 Å². The molecule has 0 radical (unpaired) electrons. The van der Waals surface area contributed by atoms with Crippen LogP contribution in [-0.2, 0) is 12.3 Å². The monoisotopic (exact) mass is 430 g/mol. The highest BCUT2D eigenvalue weighted by atomic mass is 19.3. The number of ether oxygens (including phenoxy) is 2. The van der Waals surface area contributed by atoms with Gasteiger partial charge in [-0.05, 0) is 73.0 Å². The Morgan fingerprint density at radius 2 is 1.00 bits per heavy atom. The van der Waals surface area contributed by atoms with Gasteiger partial charge in [-0.25, -0.2) is 0 Å². The zero-order valence-electron chi connectivity index (χ0n) is 18.0. The standard InChI is InChI=1S/C28H24F2O2/c1-20-3-9-23(10-4-20)28(29,30)24-11-17-27(18-12-24)32-26-15-7-22(8-16-26)19-21-5-13-25(31-2)14-6-21/h3-18H,19H2,1-2H3. The highest BCUT2D eigenvalue weighted by Gasteiger charge is 2.33. The Morgan fingerprint density at radius 3 is 1.47 bits per heavy atom. The fourth-order valence-corrected chi connectivity index (χ4v) is 3.45. The van der Waals surface area contributed by atoms with Gasteiger partial charge in [0.2, 0.25) is 0 Å². The van der Waals surface area contributed by atoms with E-state index in [0.29, 0.717) is 11.5 Å². The Bertz CT molecular complexity index is 1150. The summed E-state index contributed by atoms with van der Waals surface area (Å²) in [7, 11) is 1.65. The normalized spacial score (nSPS) is 11.2. The van der Waals surface area contributed by atoms with Crippen LogP contribution in [0.4, 0.5) is 8.78 Å². The van der Waals surface area contributed by atoms with E-state index in [1.165, 1.54) is 29.8 Å². The van der Waals surface area contributed by atoms with Crippen LogP contribution in [0.2, 0.25) is 0 Å². The molecule has 4 heteroatoms. The molecule has 0 amide bonds. The first-order valence-electron chi connectivity index (χ1n) is 10.4. The summed E-state index contributed by atoms with van der Waals surface area (Å²) in [5, 5.41) is 0. The van der Waals surface area contributed by atoms with Crippen LogP contribution in [0.3, 0.4) is 0 Å². The predicted octanol–water partition coefficient (Wildman–Crippen LogP) is 7.53. The second-order valence-corrected chi connectivity index (χ2v) is 7.74. The van der Waals surface area contributed by atoms with Crippen LogP contribution in [0, 0.1) is 6.92 Å². The molecule has 0 aromatic heterocycles. The van der Waals surface area contributed by atoms with Crippen LogP contribution in [-0.4, -0.2) is 7.11 Å². The number of rotatable bonds is 7. The summed E-state index contributed by atoms with van der Waals surface area (Å²) in [6.07, 6.45) is 0.799. The molecule has 0 fully saturated rings. The van der Waals surface area contributed by atoms with Gasteiger partial charge in [0.1, 0.15) is 17.2 Å². The number of hydrogen-bond acceptors (Lipinski definition) is 2. The van der Waals surface area contributed by atoms with Crippen molar-refractivity contribution < 1.29 is 18.3 Å². The van der Waals surface area contributed by atoms with Crippen molar-refractivity contribution >= 4 is 0 Å². The van der Waals surface area contributed by atoms with E-state index in [4.69, 9.17) is 9.47 Å². The zero-order valence-corrected chi connectivity index (χ0v) is 18.0. The van der Waals surface area contributed by atoms with Gasteiger partial charge in [0.15, 0.2) is 0 Å². The second-order valence-electron chi connectivity index (χ2n) is 7.74. The maximum atomic E-state index is 14.8. The lowest BCUT2D eigenvalue weighted by molar-refractivity contribution is 0.0428. The van der Waals surface area contributed by atoms with Crippen LogP contribution < -0.4 is 9.47 Å². The van der Waals surface area contributed by atoms with Gasteiger partial charge >= 0.3 is 0 Å². The van der Waals surface area contributed by atoms with Crippen LogP contribution in [0.25, 0.3) is 0 Å². The third-order valence-electron chi connectivity index (χ3n) is 5.36. The Hall–Kier alpha value is -3.66. The van der Waals surface area contributed by atoms with Crippen molar-refractivity contribution in [2.45, 2.75) is 19.3 Å². The Balaban J connectivity index is 1.41. The largest absolute Gasteiger partial charge is 0.497 e. The van der Waals surface area contributed by atoms with Gasteiger partial charge in [-0.1, -0.05) is 54.1 Å². The van der Waals surface area contributed by atoms with Crippen molar-refractivity contribution in [3.05, 3.63) is 125 Å². The summed E-state index contributed by atoms with van der Waals surface area (Å²) in [5.41, 5.74) is 3.19. The quantitative estimate of drug-likeness (QED) is 0.302. The molecule has 0 aliphatic rings. The van der Waals surface area contributed by atoms with Gasteiger partial charge < -0.3 is 9.47 Å². The number of alkyl halides is 2. The second kappa shape index (κ2) is 9.23. The van der Waals surface area contributed by atoms with Crippen molar-refractivity contribution in [1.82, 2.24) is 0 Å². The molecule has 4 aromatic carbocycles. The molecule has 32 heavy (non-hydrogen) atoms. The van der Waals surface area contributed by atoms with E-state index in [2.05, 4.69) is 0 Å². The number of halogens is 2. The summed E-state index contributed by atoms with van der Waals surface area (Å²) in [6, 6.07) is 28.0. The lowest BCUT2D eigenvalue weighted by Crippen LogP contribution is -2.14. The summed E-state index contributed by atoms with van der Waals surface area (Å²) >= 11 is 0. The first kappa shape index (κ1) is 21.6. The van der Waals surface area contributed by atoms with Gasteiger partial charge in [0, 0.05) is 11.1 Å². The first-order valence-corrected chi connectivity index (χ1v) is 10.4. The molecule has 0 atom stereocenters. The molecule has 0 heterocycles. The highest BCUT2D eigenvalue weighted by Crippen LogP contribution is 2.36. The third kappa shape index (κ3) is 4.97. The summed E-state index contributed by atoms with van der Waals surface area (Å²) in [5.74, 6) is -1.06. The average Bonchev–Trinajstić information content (AvgIpc) is 2.81. The molecule has 0 saturated heterocycles. The maximum absolute atomic E-state index is 14.8. The van der Waals surface area contributed by atoms with Crippen LogP contribution >= 0.6 is 0 Å². The smallest absolute Gasteiger partial charge is 0.298 e. The van der Waals surface area contributed by atoms with E-state index in [1.807, 2.05) is 55.5 Å². The SMILES string of the molecule is COc1ccc(Cc2ccc(Oc3ccc(C(F)(F)c4ccc(C)cc4)cc3)cc2)cc1. The van der Waals surface area contributed by atoms with Crippen molar-refractivity contribution in [2.24, 2.45) is 0 Å². The molecule has 0 unspecified atom stereocenters. The molecular weight excluding hydrogens is 406 g/mol. The lowest BCUT2D eigenvalue weighted by Gasteiger charge is -2.18. The minimum Gasteiger partial charge on any atom is -0.497 e. The molecule has 0 spiro atoms. The number of methoxy groups -OCH3 is 1. The third-order valence-corrected chi connectivity index (χ3v) is 5.36. The Morgan fingerprint density at radius 1 is 0.594 bits per heavy atom. The molecule has 4 rings (SSSR count). The van der Waals surface area contributed by atoms with Gasteiger partial charge in [0.25, 0.3) is 5.92 Å².